The van der Waals surface area contributed by atoms with Crippen LogP contribution in [0.5, 0.6) is 17.2 Å². The molecule has 1 saturated carbocycles. The fraction of sp³-hybridized carbons (Fsp3) is 0.308. The van der Waals surface area contributed by atoms with E-state index in [9.17, 15) is 18.8 Å². The summed E-state index contributed by atoms with van der Waals surface area (Å²) in [7, 11) is 2.85. The highest BCUT2D eigenvalue weighted by molar-refractivity contribution is 6.06. The molecule has 1 saturated heterocycles. The second kappa shape index (κ2) is 9.44. The second-order valence-electron chi connectivity index (χ2n) is 8.83. The maximum absolute atomic E-state index is 13.3. The molecule has 0 spiro atoms. The molecule has 1 aliphatic heterocycles. The summed E-state index contributed by atoms with van der Waals surface area (Å²) < 4.78 is 29.8. The minimum atomic E-state index is -0.504. The summed E-state index contributed by atoms with van der Waals surface area (Å²) in [6.07, 6.45) is 6.28. The molecule has 1 N–H and O–H groups in total. The number of carbonyl (C=O) groups excluding carboxylic acids is 3. The molecule has 3 amide bonds. The van der Waals surface area contributed by atoms with Crippen molar-refractivity contribution in [3.8, 4) is 17.2 Å². The quantitative estimate of drug-likeness (QED) is 0.344. The van der Waals surface area contributed by atoms with Gasteiger partial charge in [-0.15, -0.1) is 0 Å². The van der Waals surface area contributed by atoms with E-state index < -0.39 is 11.7 Å². The Morgan fingerprint density at radius 3 is 2.31 bits per heavy atom. The molecule has 2 aromatic rings. The number of nitrogens with zero attached hydrogens (tertiary/aromatic N) is 2. The van der Waals surface area contributed by atoms with Crippen LogP contribution in [0.3, 0.4) is 0 Å². The molecule has 2 bridgehead atoms. The van der Waals surface area contributed by atoms with Crippen molar-refractivity contribution in [2.75, 3.05) is 26.1 Å². The van der Waals surface area contributed by atoms with Crippen LogP contribution in [0.2, 0.25) is 0 Å². The molecular formula is C26H24FN3O6. The van der Waals surface area contributed by atoms with E-state index in [1.54, 1.807) is 18.2 Å². The van der Waals surface area contributed by atoms with E-state index in [0.29, 0.717) is 11.3 Å². The predicted molar refractivity (Wildman–Crippen MR) is 127 cm³/mol. The number of hydrazone groups is 1. The van der Waals surface area contributed by atoms with Crippen LogP contribution in [0.15, 0.2) is 53.7 Å². The maximum atomic E-state index is 13.3. The molecule has 186 valence electrons. The van der Waals surface area contributed by atoms with E-state index in [2.05, 4.69) is 10.4 Å². The smallest absolute Gasteiger partial charge is 0.262 e. The number of ether oxygens (including phenoxy) is 3. The lowest BCUT2D eigenvalue weighted by atomic mass is 9.85. The van der Waals surface area contributed by atoms with Gasteiger partial charge >= 0.3 is 0 Å². The minimum absolute atomic E-state index is 0.103. The molecule has 36 heavy (non-hydrogen) atoms. The van der Waals surface area contributed by atoms with Crippen LogP contribution in [0.1, 0.15) is 12.0 Å². The Kier molecular flexibility index (Phi) is 6.17. The molecule has 5 rings (SSSR count). The first-order valence-corrected chi connectivity index (χ1v) is 11.4. The Morgan fingerprint density at radius 1 is 1.08 bits per heavy atom. The first kappa shape index (κ1) is 23.5. The number of nitrogens with one attached hydrogen (secondary N) is 1. The van der Waals surface area contributed by atoms with Gasteiger partial charge in [0.1, 0.15) is 5.82 Å². The third-order valence-corrected chi connectivity index (χ3v) is 6.71. The number of halogens is 1. The van der Waals surface area contributed by atoms with Crippen LogP contribution in [-0.4, -0.2) is 49.8 Å². The normalized spacial score (nSPS) is 23.9. The van der Waals surface area contributed by atoms with Gasteiger partial charge in [-0.1, -0.05) is 18.2 Å². The van der Waals surface area contributed by atoms with Gasteiger partial charge in [-0.05, 0) is 48.6 Å². The number of fused-ring (bicyclic) bond motifs is 5. The summed E-state index contributed by atoms with van der Waals surface area (Å²) in [5.74, 6) is -1.29. The molecule has 0 unspecified atom stereocenters. The number of hydrogen-bond donors (Lipinski definition) is 1. The van der Waals surface area contributed by atoms with Crippen LogP contribution in [-0.2, 0) is 14.4 Å². The number of anilines is 1. The molecule has 2 aliphatic carbocycles. The number of hydrogen-bond acceptors (Lipinski definition) is 7. The van der Waals surface area contributed by atoms with Gasteiger partial charge in [-0.2, -0.15) is 10.1 Å². The van der Waals surface area contributed by atoms with Gasteiger partial charge < -0.3 is 19.5 Å². The van der Waals surface area contributed by atoms with Crippen LogP contribution < -0.4 is 19.5 Å². The standard InChI is InChI=1S/C26H24FN3O6/c1-34-19-8-14(12-28-30-25(32)22-15-6-7-16(10-15)23(22)26(30)33)9-20(35-2)24(19)36-13-21(31)29-18-5-3-4-17(27)11-18/h3-9,11-12,15-16,22-23H,10,13H2,1-2H3,(H,29,31)/t15-,16-,22-,23+/m0/s1. The van der Waals surface area contributed by atoms with Crippen LogP contribution >= 0.6 is 0 Å². The third kappa shape index (κ3) is 4.19. The summed E-state index contributed by atoms with van der Waals surface area (Å²) in [5.41, 5.74) is 0.798. The fourth-order valence-corrected chi connectivity index (χ4v) is 5.14. The number of amides is 3. The van der Waals surface area contributed by atoms with Gasteiger partial charge in [0.05, 0.1) is 32.3 Å². The average Bonchev–Trinajstić information content (AvgIpc) is 3.55. The molecule has 9 nitrogen and oxygen atoms in total. The highest BCUT2D eigenvalue weighted by Gasteiger charge is 2.59. The number of methoxy groups -OCH3 is 2. The molecule has 0 aromatic heterocycles. The second-order valence-corrected chi connectivity index (χ2v) is 8.83. The number of imide groups is 1. The van der Waals surface area contributed by atoms with Crippen LogP contribution in [0.25, 0.3) is 0 Å². The van der Waals surface area contributed by atoms with E-state index in [4.69, 9.17) is 14.2 Å². The first-order valence-electron chi connectivity index (χ1n) is 11.4. The summed E-state index contributed by atoms with van der Waals surface area (Å²) >= 11 is 0. The lowest BCUT2D eigenvalue weighted by Gasteiger charge is -2.15. The Morgan fingerprint density at radius 2 is 1.72 bits per heavy atom. The zero-order chi connectivity index (χ0) is 25.4. The van der Waals surface area contributed by atoms with E-state index in [0.717, 1.165) is 11.4 Å². The lowest BCUT2D eigenvalue weighted by Crippen LogP contribution is -2.28. The topological polar surface area (TPSA) is 107 Å². The number of carbonyl (C=O) groups is 3. The molecule has 10 heteroatoms. The number of allylic oxidation sites excluding steroid dienone is 2. The largest absolute Gasteiger partial charge is 0.493 e. The molecule has 1 heterocycles. The molecule has 2 fully saturated rings. The highest BCUT2D eigenvalue weighted by Crippen LogP contribution is 2.52. The van der Waals surface area contributed by atoms with Crippen molar-refractivity contribution in [1.29, 1.82) is 0 Å². The first-order chi connectivity index (χ1) is 17.4. The molecular weight excluding hydrogens is 469 g/mol. The van der Waals surface area contributed by atoms with Crippen LogP contribution in [0, 0.1) is 29.5 Å². The minimum Gasteiger partial charge on any atom is -0.493 e. The van der Waals surface area contributed by atoms with Crippen molar-refractivity contribution in [2.45, 2.75) is 6.42 Å². The van der Waals surface area contributed by atoms with Crippen molar-refractivity contribution in [3.05, 3.63) is 59.9 Å². The zero-order valence-corrected chi connectivity index (χ0v) is 19.6. The molecule has 2 aromatic carbocycles. The maximum Gasteiger partial charge on any atom is 0.262 e. The molecule has 4 atom stereocenters. The van der Waals surface area contributed by atoms with E-state index in [-0.39, 0.29) is 59.3 Å². The van der Waals surface area contributed by atoms with Gasteiger partial charge in [0, 0.05) is 11.3 Å². The third-order valence-electron chi connectivity index (χ3n) is 6.71. The van der Waals surface area contributed by atoms with Crippen molar-refractivity contribution in [3.63, 3.8) is 0 Å². The Hall–Kier alpha value is -4.21. The van der Waals surface area contributed by atoms with E-state index in [1.165, 1.54) is 38.6 Å². The highest BCUT2D eigenvalue weighted by atomic mass is 19.1. The summed E-state index contributed by atoms with van der Waals surface area (Å²) in [5, 5.41) is 7.68. The monoisotopic (exact) mass is 493 g/mol. The predicted octanol–water partition coefficient (Wildman–Crippen LogP) is 3.00. The van der Waals surface area contributed by atoms with Gasteiger partial charge in [-0.3, -0.25) is 14.4 Å². The fourth-order valence-electron chi connectivity index (χ4n) is 5.14. The summed E-state index contributed by atoms with van der Waals surface area (Å²) in [6, 6.07) is 8.67. The summed E-state index contributed by atoms with van der Waals surface area (Å²) in [6.45, 7) is -0.382. The SMILES string of the molecule is COc1cc(C=NN2C(=O)[C@@H]3[C@H](C2=O)[C@H]2C=C[C@H]3C2)cc(OC)c1OCC(=O)Nc1cccc(F)c1. The van der Waals surface area contributed by atoms with Crippen molar-refractivity contribution < 1.29 is 33.0 Å². The van der Waals surface area contributed by atoms with Gasteiger partial charge in [-0.25, -0.2) is 4.39 Å². The van der Waals surface area contributed by atoms with Gasteiger partial charge in [0.2, 0.25) is 5.75 Å². The van der Waals surface area contributed by atoms with Gasteiger partial charge in [0.25, 0.3) is 17.7 Å². The van der Waals surface area contributed by atoms with Crippen molar-refractivity contribution >= 4 is 29.6 Å². The van der Waals surface area contributed by atoms with E-state index in [1.807, 2.05) is 12.2 Å². The van der Waals surface area contributed by atoms with Gasteiger partial charge in [0.15, 0.2) is 18.1 Å². The Bertz CT molecular complexity index is 1240. The lowest BCUT2D eigenvalue weighted by molar-refractivity contribution is -0.140. The van der Waals surface area contributed by atoms with Crippen molar-refractivity contribution in [2.24, 2.45) is 28.8 Å². The summed E-state index contributed by atoms with van der Waals surface area (Å²) in [4.78, 5) is 37.9. The number of rotatable bonds is 8. The number of benzene rings is 2. The average molecular weight is 493 g/mol. The molecule has 0 radical (unpaired) electrons. The molecule has 3 aliphatic rings. The Labute approximate surface area is 206 Å². The zero-order valence-electron chi connectivity index (χ0n) is 19.6. The van der Waals surface area contributed by atoms with Crippen molar-refractivity contribution in [1.82, 2.24) is 5.01 Å². The van der Waals surface area contributed by atoms with Crippen LogP contribution in [0.4, 0.5) is 10.1 Å². The Balaban J connectivity index is 1.29. The van der Waals surface area contributed by atoms with E-state index >= 15 is 0 Å².